The Hall–Kier alpha value is -2.35. The molecule has 2 nitrogen and oxygen atoms in total. The van der Waals surface area contributed by atoms with Gasteiger partial charge in [-0.2, -0.15) is 0 Å². The summed E-state index contributed by atoms with van der Waals surface area (Å²) in [5, 5.41) is 0. The highest BCUT2D eigenvalue weighted by Crippen LogP contribution is 2.13. The maximum absolute atomic E-state index is 4.36. The maximum Gasteiger partial charge on any atom is 0.0999 e. The van der Waals surface area contributed by atoms with Crippen molar-refractivity contribution in [2.75, 3.05) is 0 Å². The Kier molecular flexibility index (Phi) is 2.69. The third kappa shape index (κ3) is 2.05. The van der Waals surface area contributed by atoms with Crippen LogP contribution in [0, 0.1) is 6.92 Å². The molecule has 0 fully saturated rings. The molecule has 1 aromatic heterocycles. The molecule has 3 rings (SSSR count). The molecule has 0 radical (unpaired) electrons. The fourth-order valence-electron chi connectivity index (χ4n) is 2.04. The van der Waals surface area contributed by atoms with Crippen molar-refractivity contribution >= 4 is 23.3 Å². The molecule has 0 amide bonds. The van der Waals surface area contributed by atoms with Crippen LogP contribution in [-0.4, -0.2) is 9.55 Å². The molecule has 0 N–H and O–H groups in total. The van der Waals surface area contributed by atoms with Crippen LogP contribution in [0.15, 0.2) is 54.9 Å². The first-order valence-corrected chi connectivity index (χ1v) is 5.99. The first kappa shape index (κ1) is 10.8. The number of rotatable bonds is 2. The number of nitrogens with zero attached hydrogens (tertiary/aromatic N) is 2. The lowest BCUT2D eigenvalue weighted by molar-refractivity contribution is 1.18. The van der Waals surface area contributed by atoms with Gasteiger partial charge in [0.05, 0.1) is 17.4 Å². The molecule has 3 aromatic rings. The minimum atomic E-state index is 1.02. The maximum atomic E-state index is 4.36. The van der Waals surface area contributed by atoms with Crippen LogP contribution >= 0.6 is 0 Å². The van der Waals surface area contributed by atoms with Crippen molar-refractivity contribution in [2.24, 2.45) is 0 Å². The molecule has 0 saturated heterocycles. The normalized spacial score (nSPS) is 11.4. The Morgan fingerprint density at radius 3 is 2.83 bits per heavy atom. The summed E-state index contributed by atoms with van der Waals surface area (Å²) < 4.78 is 2.04. The van der Waals surface area contributed by atoms with Crippen LogP contribution in [0.25, 0.3) is 23.3 Å². The van der Waals surface area contributed by atoms with Gasteiger partial charge in [0.1, 0.15) is 0 Å². The predicted octanol–water partition coefficient (Wildman–Crippen LogP) is 3.97. The second-order valence-corrected chi connectivity index (χ2v) is 4.37. The number of aromatic nitrogens is 2. The summed E-state index contributed by atoms with van der Waals surface area (Å²) in [6.07, 6.45) is 5.99. The van der Waals surface area contributed by atoms with E-state index in [1.165, 1.54) is 11.1 Å². The Balaban J connectivity index is 1.97. The van der Waals surface area contributed by atoms with Crippen LogP contribution in [0.5, 0.6) is 0 Å². The molecule has 2 heteroatoms. The molecule has 0 spiro atoms. The van der Waals surface area contributed by atoms with Crippen LogP contribution in [0.1, 0.15) is 11.1 Å². The Morgan fingerprint density at radius 2 is 1.94 bits per heavy atom. The molecule has 0 atom stereocenters. The lowest BCUT2D eigenvalue weighted by Gasteiger charge is -1.97. The minimum absolute atomic E-state index is 1.02. The van der Waals surface area contributed by atoms with E-state index in [0.717, 1.165) is 11.0 Å². The zero-order valence-electron chi connectivity index (χ0n) is 10.2. The average Bonchev–Trinajstić information content (AvgIpc) is 2.80. The minimum Gasteiger partial charge on any atom is -0.306 e. The van der Waals surface area contributed by atoms with Crippen molar-refractivity contribution in [3.63, 3.8) is 0 Å². The fourth-order valence-corrected chi connectivity index (χ4v) is 2.04. The number of para-hydroxylation sites is 2. The Labute approximate surface area is 106 Å². The Bertz CT molecular complexity index is 708. The van der Waals surface area contributed by atoms with Crippen molar-refractivity contribution in [3.8, 4) is 0 Å². The zero-order valence-corrected chi connectivity index (χ0v) is 10.2. The van der Waals surface area contributed by atoms with Gasteiger partial charge in [0.25, 0.3) is 0 Å². The van der Waals surface area contributed by atoms with Crippen LogP contribution < -0.4 is 0 Å². The molecular formula is C16H14N2. The van der Waals surface area contributed by atoms with E-state index in [-0.39, 0.29) is 0 Å². The summed E-state index contributed by atoms with van der Waals surface area (Å²) in [5.41, 5.74) is 4.62. The van der Waals surface area contributed by atoms with Gasteiger partial charge in [0.15, 0.2) is 0 Å². The Morgan fingerprint density at radius 1 is 1.06 bits per heavy atom. The van der Waals surface area contributed by atoms with Crippen molar-refractivity contribution in [2.45, 2.75) is 6.92 Å². The van der Waals surface area contributed by atoms with E-state index >= 15 is 0 Å². The fraction of sp³-hybridized carbons (Fsp3) is 0.0625. The number of fused-ring (bicyclic) bond motifs is 1. The van der Waals surface area contributed by atoms with Crippen LogP contribution in [0.3, 0.4) is 0 Å². The van der Waals surface area contributed by atoms with E-state index in [0.29, 0.717) is 0 Å². The topological polar surface area (TPSA) is 17.8 Å². The standard InChI is InChI=1S/C16H14N2/c1-13-5-4-6-14(11-13)9-10-18-12-17-15-7-2-3-8-16(15)18/h2-12H,1H3/b10-9-. The molecule has 0 bridgehead atoms. The first-order chi connectivity index (χ1) is 8.83. The number of imidazole rings is 1. The summed E-state index contributed by atoms with van der Waals surface area (Å²) in [5.74, 6) is 0. The second kappa shape index (κ2) is 4.49. The van der Waals surface area contributed by atoms with Gasteiger partial charge in [-0.1, -0.05) is 42.0 Å². The summed E-state index contributed by atoms with van der Waals surface area (Å²) in [7, 11) is 0. The van der Waals surface area contributed by atoms with E-state index in [1.807, 2.05) is 35.3 Å². The van der Waals surface area contributed by atoms with E-state index in [2.05, 4.69) is 48.3 Å². The van der Waals surface area contributed by atoms with Gasteiger partial charge in [0.2, 0.25) is 0 Å². The van der Waals surface area contributed by atoms with Crippen molar-refractivity contribution in [3.05, 3.63) is 66.0 Å². The number of aryl methyl sites for hydroxylation is 1. The summed E-state index contributed by atoms with van der Waals surface area (Å²) in [6.45, 7) is 2.10. The van der Waals surface area contributed by atoms with Crippen LogP contribution in [0.4, 0.5) is 0 Å². The van der Waals surface area contributed by atoms with Gasteiger partial charge < -0.3 is 4.57 Å². The molecule has 0 aliphatic rings. The van der Waals surface area contributed by atoms with Gasteiger partial charge in [0, 0.05) is 6.20 Å². The predicted molar refractivity (Wildman–Crippen MR) is 76.1 cm³/mol. The smallest absolute Gasteiger partial charge is 0.0999 e. The van der Waals surface area contributed by atoms with E-state index in [1.54, 1.807) is 0 Å². The van der Waals surface area contributed by atoms with Gasteiger partial charge in [-0.25, -0.2) is 4.98 Å². The first-order valence-electron chi connectivity index (χ1n) is 5.99. The third-order valence-corrected chi connectivity index (χ3v) is 2.95. The highest BCUT2D eigenvalue weighted by Gasteiger charge is 1.97. The molecule has 1 heterocycles. The number of hydrogen-bond acceptors (Lipinski definition) is 1. The summed E-state index contributed by atoms with van der Waals surface area (Å²) in [6, 6.07) is 16.6. The SMILES string of the molecule is Cc1cccc(/C=C\n2cnc3ccccc32)c1. The molecule has 0 aliphatic heterocycles. The van der Waals surface area contributed by atoms with Gasteiger partial charge in [-0.3, -0.25) is 0 Å². The number of hydrogen-bond donors (Lipinski definition) is 0. The van der Waals surface area contributed by atoms with E-state index in [4.69, 9.17) is 0 Å². The molecular weight excluding hydrogens is 220 g/mol. The second-order valence-electron chi connectivity index (χ2n) is 4.37. The molecule has 2 aromatic carbocycles. The largest absolute Gasteiger partial charge is 0.306 e. The van der Waals surface area contributed by atoms with E-state index in [9.17, 15) is 0 Å². The summed E-state index contributed by atoms with van der Waals surface area (Å²) in [4.78, 5) is 4.36. The van der Waals surface area contributed by atoms with Gasteiger partial charge in [-0.15, -0.1) is 0 Å². The molecule has 0 aliphatic carbocycles. The van der Waals surface area contributed by atoms with Crippen molar-refractivity contribution in [1.82, 2.24) is 9.55 Å². The van der Waals surface area contributed by atoms with Crippen molar-refractivity contribution in [1.29, 1.82) is 0 Å². The van der Waals surface area contributed by atoms with Crippen molar-refractivity contribution < 1.29 is 0 Å². The third-order valence-electron chi connectivity index (χ3n) is 2.95. The molecule has 88 valence electrons. The van der Waals surface area contributed by atoms with E-state index < -0.39 is 0 Å². The summed E-state index contributed by atoms with van der Waals surface area (Å²) >= 11 is 0. The highest BCUT2D eigenvalue weighted by molar-refractivity contribution is 5.78. The molecule has 0 unspecified atom stereocenters. The quantitative estimate of drug-likeness (QED) is 0.656. The highest BCUT2D eigenvalue weighted by atomic mass is 15.0. The van der Waals surface area contributed by atoms with Crippen LogP contribution in [0.2, 0.25) is 0 Å². The molecule has 18 heavy (non-hydrogen) atoms. The monoisotopic (exact) mass is 234 g/mol. The van der Waals surface area contributed by atoms with Crippen LogP contribution in [-0.2, 0) is 0 Å². The van der Waals surface area contributed by atoms with Gasteiger partial charge >= 0.3 is 0 Å². The molecule has 0 saturated carbocycles. The number of benzene rings is 2. The average molecular weight is 234 g/mol. The lowest BCUT2D eigenvalue weighted by Crippen LogP contribution is -1.82. The zero-order chi connectivity index (χ0) is 12.4. The lowest BCUT2D eigenvalue weighted by atomic mass is 10.1. The van der Waals surface area contributed by atoms with Gasteiger partial charge in [-0.05, 0) is 30.7 Å².